The molecule has 2 nitrogen and oxygen atoms in total. The van der Waals surface area contributed by atoms with Crippen molar-refractivity contribution in [1.82, 2.24) is 10.2 Å². The molecule has 0 aromatic heterocycles. The molecule has 2 heteroatoms. The Labute approximate surface area is 118 Å². The van der Waals surface area contributed by atoms with E-state index in [1.165, 1.54) is 5.56 Å². The summed E-state index contributed by atoms with van der Waals surface area (Å²) >= 11 is 0. The van der Waals surface area contributed by atoms with Crippen molar-refractivity contribution in [2.45, 2.75) is 46.2 Å². The van der Waals surface area contributed by atoms with Crippen LogP contribution in [0.1, 0.15) is 46.2 Å². The normalized spacial score (nSPS) is 24.7. The molecule has 1 aromatic rings. The second-order valence-electron chi connectivity index (χ2n) is 7.29. The molecule has 0 saturated carbocycles. The van der Waals surface area contributed by atoms with E-state index in [1.807, 2.05) is 0 Å². The molecule has 1 heterocycles. The molecule has 0 spiro atoms. The van der Waals surface area contributed by atoms with Gasteiger partial charge in [0.1, 0.15) is 0 Å². The van der Waals surface area contributed by atoms with Gasteiger partial charge in [0.2, 0.25) is 0 Å². The van der Waals surface area contributed by atoms with Crippen LogP contribution >= 0.6 is 0 Å². The lowest BCUT2D eigenvalue weighted by molar-refractivity contribution is 0.0595. The first kappa shape index (κ1) is 14.5. The molecule has 19 heavy (non-hydrogen) atoms. The predicted octanol–water partition coefficient (Wildman–Crippen LogP) is 3.46. The van der Waals surface area contributed by atoms with Crippen molar-refractivity contribution in [1.29, 1.82) is 0 Å². The number of benzene rings is 1. The van der Waals surface area contributed by atoms with Gasteiger partial charge >= 0.3 is 0 Å². The lowest BCUT2D eigenvalue weighted by atomic mass is 9.90. The van der Waals surface area contributed by atoms with Crippen LogP contribution < -0.4 is 5.32 Å². The fraction of sp³-hybridized carbons (Fsp3) is 0.647. The molecule has 106 valence electrons. The van der Waals surface area contributed by atoms with Crippen LogP contribution in [-0.2, 0) is 0 Å². The van der Waals surface area contributed by atoms with Crippen molar-refractivity contribution in [3.63, 3.8) is 0 Å². The Morgan fingerprint density at radius 3 is 2.32 bits per heavy atom. The zero-order valence-corrected chi connectivity index (χ0v) is 13.0. The lowest BCUT2D eigenvalue weighted by Gasteiger charge is -2.43. The Kier molecular flexibility index (Phi) is 4.03. The Hall–Kier alpha value is -0.860. The minimum Gasteiger partial charge on any atom is -0.314 e. The van der Waals surface area contributed by atoms with E-state index >= 15 is 0 Å². The Bertz CT molecular complexity index is 409. The first-order chi connectivity index (χ1) is 8.82. The summed E-state index contributed by atoms with van der Waals surface area (Å²) in [6.45, 7) is 15.0. The van der Waals surface area contributed by atoms with Crippen molar-refractivity contribution in [2.75, 3.05) is 19.6 Å². The molecule has 0 amide bonds. The monoisotopic (exact) mass is 260 g/mol. The van der Waals surface area contributed by atoms with Gasteiger partial charge in [-0.2, -0.15) is 0 Å². The topological polar surface area (TPSA) is 15.3 Å². The van der Waals surface area contributed by atoms with E-state index in [1.54, 1.807) is 0 Å². The van der Waals surface area contributed by atoms with Gasteiger partial charge in [-0.15, -0.1) is 0 Å². The van der Waals surface area contributed by atoms with E-state index in [4.69, 9.17) is 0 Å². The van der Waals surface area contributed by atoms with E-state index in [0.29, 0.717) is 11.5 Å². The second-order valence-corrected chi connectivity index (χ2v) is 7.29. The second kappa shape index (κ2) is 5.26. The third kappa shape index (κ3) is 3.37. The molecular weight excluding hydrogens is 232 g/mol. The van der Waals surface area contributed by atoms with Crippen LogP contribution in [0.3, 0.4) is 0 Å². The van der Waals surface area contributed by atoms with Crippen molar-refractivity contribution in [3.05, 3.63) is 35.9 Å². The van der Waals surface area contributed by atoms with Gasteiger partial charge in [-0.05, 0) is 31.7 Å². The molecule has 1 atom stereocenters. The largest absolute Gasteiger partial charge is 0.314 e. The predicted molar refractivity (Wildman–Crippen MR) is 82.3 cm³/mol. The van der Waals surface area contributed by atoms with Crippen LogP contribution in [0.4, 0.5) is 0 Å². The minimum atomic E-state index is 0.184. The molecule has 0 aliphatic carbocycles. The SMILES string of the molecule is CC(c1ccccc1)N1CC(C)(C)CNCC1(C)C. The highest BCUT2D eigenvalue weighted by molar-refractivity contribution is 5.19. The van der Waals surface area contributed by atoms with Gasteiger partial charge in [-0.1, -0.05) is 44.2 Å². The molecule has 2 rings (SSSR count). The van der Waals surface area contributed by atoms with E-state index in [2.05, 4.69) is 75.2 Å². The first-order valence-corrected chi connectivity index (χ1v) is 7.34. The average molecular weight is 260 g/mol. The third-order valence-electron chi connectivity index (χ3n) is 4.29. The summed E-state index contributed by atoms with van der Waals surface area (Å²) < 4.78 is 0. The maximum absolute atomic E-state index is 3.62. The quantitative estimate of drug-likeness (QED) is 0.876. The van der Waals surface area contributed by atoms with E-state index in [0.717, 1.165) is 19.6 Å². The molecule has 1 aliphatic rings. The average Bonchev–Trinajstić information content (AvgIpc) is 2.45. The summed E-state index contributed by atoms with van der Waals surface area (Å²) in [5.41, 5.74) is 1.91. The van der Waals surface area contributed by atoms with Crippen LogP contribution in [0.15, 0.2) is 30.3 Å². The number of nitrogens with zero attached hydrogens (tertiary/aromatic N) is 1. The summed E-state index contributed by atoms with van der Waals surface area (Å²) in [5, 5.41) is 3.62. The molecule has 1 unspecified atom stereocenters. The van der Waals surface area contributed by atoms with Crippen LogP contribution in [0.25, 0.3) is 0 Å². The molecule has 1 aromatic carbocycles. The highest BCUT2D eigenvalue weighted by Crippen LogP contribution is 2.33. The standard InChI is InChI=1S/C17H28N2/c1-14(15-9-7-6-8-10-15)19-13-16(2,3)11-18-12-17(19,4)5/h6-10,14,18H,11-13H2,1-5H3. The summed E-state index contributed by atoms with van der Waals surface area (Å²) in [6.07, 6.45) is 0. The third-order valence-corrected chi connectivity index (χ3v) is 4.29. The molecule has 0 radical (unpaired) electrons. The van der Waals surface area contributed by atoms with Gasteiger partial charge in [-0.25, -0.2) is 0 Å². The maximum atomic E-state index is 3.62. The zero-order chi connectivity index (χ0) is 14.1. The highest BCUT2D eigenvalue weighted by Gasteiger charge is 2.37. The Morgan fingerprint density at radius 1 is 1.05 bits per heavy atom. The lowest BCUT2D eigenvalue weighted by Crippen LogP contribution is -2.50. The molecule has 1 saturated heterocycles. The van der Waals surface area contributed by atoms with Crippen LogP contribution in [0, 0.1) is 5.41 Å². The van der Waals surface area contributed by atoms with Gasteiger partial charge in [0, 0.05) is 31.2 Å². The minimum absolute atomic E-state index is 0.184. The molecule has 1 fully saturated rings. The van der Waals surface area contributed by atoms with E-state index in [9.17, 15) is 0 Å². The summed E-state index contributed by atoms with van der Waals surface area (Å²) in [7, 11) is 0. The van der Waals surface area contributed by atoms with Gasteiger partial charge in [-0.3, -0.25) is 4.90 Å². The fourth-order valence-corrected chi connectivity index (χ4v) is 3.11. The van der Waals surface area contributed by atoms with Gasteiger partial charge in [0.05, 0.1) is 0 Å². The number of nitrogens with one attached hydrogen (secondary N) is 1. The molecular formula is C17H28N2. The first-order valence-electron chi connectivity index (χ1n) is 7.34. The summed E-state index contributed by atoms with van der Waals surface area (Å²) in [5.74, 6) is 0. The van der Waals surface area contributed by atoms with Gasteiger partial charge < -0.3 is 5.32 Å². The number of hydrogen-bond acceptors (Lipinski definition) is 2. The van der Waals surface area contributed by atoms with Crippen molar-refractivity contribution < 1.29 is 0 Å². The van der Waals surface area contributed by atoms with Crippen molar-refractivity contribution in [2.24, 2.45) is 5.41 Å². The van der Waals surface area contributed by atoms with E-state index < -0.39 is 0 Å². The highest BCUT2D eigenvalue weighted by atomic mass is 15.3. The molecule has 0 bridgehead atoms. The van der Waals surface area contributed by atoms with Crippen LogP contribution in [0.5, 0.6) is 0 Å². The smallest absolute Gasteiger partial charge is 0.0325 e. The number of rotatable bonds is 2. The molecule has 1 aliphatic heterocycles. The number of hydrogen-bond donors (Lipinski definition) is 1. The van der Waals surface area contributed by atoms with Crippen molar-refractivity contribution >= 4 is 0 Å². The zero-order valence-electron chi connectivity index (χ0n) is 13.0. The van der Waals surface area contributed by atoms with E-state index in [-0.39, 0.29) is 5.54 Å². The van der Waals surface area contributed by atoms with Crippen LogP contribution in [-0.4, -0.2) is 30.1 Å². The Balaban J connectivity index is 2.28. The molecule has 1 N–H and O–H groups in total. The van der Waals surface area contributed by atoms with Gasteiger partial charge in [0.25, 0.3) is 0 Å². The van der Waals surface area contributed by atoms with Crippen molar-refractivity contribution in [3.8, 4) is 0 Å². The Morgan fingerprint density at radius 2 is 1.68 bits per heavy atom. The fourth-order valence-electron chi connectivity index (χ4n) is 3.11. The summed E-state index contributed by atoms with van der Waals surface area (Å²) in [4.78, 5) is 2.66. The summed E-state index contributed by atoms with van der Waals surface area (Å²) in [6, 6.07) is 11.3. The van der Waals surface area contributed by atoms with Gasteiger partial charge in [0.15, 0.2) is 0 Å². The van der Waals surface area contributed by atoms with Crippen LogP contribution in [0.2, 0.25) is 0 Å². The maximum Gasteiger partial charge on any atom is 0.0325 e.